The summed E-state index contributed by atoms with van der Waals surface area (Å²) >= 11 is 1.42. The van der Waals surface area contributed by atoms with Crippen LogP contribution in [0.2, 0.25) is 0 Å². The first-order chi connectivity index (χ1) is 13.7. The summed E-state index contributed by atoms with van der Waals surface area (Å²) in [5.74, 6) is -0.131. The van der Waals surface area contributed by atoms with Gasteiger partial charge >= 0.3 is 0 Å². The number of hydrogen-bond acceptors (Lipinski definition) is 4. The molecule has 0 radical (unpaired) electrons. The lowest BCUT2D eigenvalue weighted by molar-refractivity contribution is -0.125. The number of thiophene rings is 1. The van der Waals surface area contributed by atoms with Gasteiger partial charge in [0.15, 0.2) is 0 Å². The van der Waals surface area contributed by atoms with Gasteiger partial charge in [0.05, 0.1) is 11.2 Å². The molecule has 0 aliphatic carbocycles. The number of aromatic nitrogens is 2. The van der Waals surface area contributed by atoms with E-state index in [-0.39, 0.29) is 11.8 Å². The maximum absolute atomic E-state index is 12.8. The van der Waals surface area contributed by atoms with Gasteiger partial charge in [0, 0.05) is 32.0 Å². The fourth-order valence-electron chi connectivity index (χ4n) is 3.59. The highest BCUT2D eigenvalue weighted by Gasteiger charge is 2.34. The Morgan fingerprint density at radius 3 is 2.79 bits per heavy atom. The number of nitrogens with zero attached hydrogens (tertiary/aromatic N) is 3. The normalized spacial score (nSPS) is 16.3. The molecule has 0 saturated carbocycles. The molecule has 1 atom stereocenters. The predicted octanol–water partition coefficient (Wildman–Crippen LogP) is 2.91. The average molecular weight is 395 g/mol. The first-order valence-corrected chi connectivity index (χ1v) is 10.2. The molecule has 6 nitrogen and oxygen atoms in total. The van der Waals surface area contributed by atoms with Crippen molar-refractivity contribution in [3.8, 4) is 0 Å². The summed E-state index contributed by atoms with van der Waals surface area (Å²) in [6.07, 6.45) is 7.01. The third-order valence-electron chi connectivity index (χ3n) is 5.03. The number of nitrogens with one attached hydrogen (secondary N) is 1. The second-order valence-corrected chi connectivity index (χ2v) is 7.80. The fraction of sp³-hybridized carbons (Fsp3) is 0.286. The lowest BCUT2D eigenvalue weighted by atomic mass is 10.1. The zero-order valence-corrected chi connectivity index (χ0v) is 16.3. The SMILES string of the molecule is O=C(NCc1ccccc1Cn1ccnc1)[C@@H]1CCCN1C(=O)c1cccs1. The van der Waals surface area contributed by atoms with Gasteiger partial charge in [0.25, 0.3) is 5.91 Å². The van der Waals surface area contributed by atoms with E-state index in [9.17, 15) is 9.59 Å². The van der Waals surface area contributed by atoms with E-state index in [0.717, 1.165) is 17.5 Å². The standard InChI is InChI=1S/C21H22N4O2S/c26-20(18-7-3-10-25(18)21(27)19-8-4-12-28-19)23-13-16-5-1-2-6-17(16)14-24-11-9-22-15-24/h1-2,4-6,8-9,11-12,15,18H,3,7,10,13-14H2,(H,23,26)/t18-/m0/s1. The van der Waals surface area contributed by atoms with E-state index in [1.807, 2.05) is 46.5 Å². The summed E-state index contributed by atoms with van der Waals surface area (Å²) in [7, 11) is 0. The van der Waals surface area contributed by atoms with E-state index in [1.54, 1.807) is 17.4 Å². The maximum atomic E-state index is 12.8. The highest BCUT2D eigenvalue weighted by Crippen LogP contribution is 2.22. The molecule has 1 aromatic carbocycles. The molecule has 3 heterocycles. The predicted molar refractivity (Wildman–Crippen MR) is 108 cm³/mol. The highest BCUT2D eigenvalue weighted by atomic mass is 32.1. The summed E-state index contributed by atoms with van der Waals surface area (Å²) in [5.41, 5.74) is 2.21. The molecule has 2 aromatic heterocycles. The first kappa shape index (κ1) is 18.4. The summed E-state index contributed by atoms with van der Waals surface area (Å²) < 4.78 is 2.00. The van der Waals surface area contributed by atoms with Crippen LogP contribution >= 0.6 is 11.3 Å². The molecule has 1 N–H and O–H groups in total. The van der Waals surface area contributed by atoms with Crippen molar-refractivity contribution < 1.29 is 9.59 Å². The maximum Gasteiger partial charge on any atom is 0.264 e. The Bertz CT molecular complexity index is 937. The van der Waals surface area contributed by atoms with Crippen LogP contribution < -0.4 is 5.32 Å². The van der Waals surface area contributed by atoms with Gasteiger partial charge in [-0.15, -0.1) is 11.3 Å². The van der Waals surface area contributed by atoms with Crippen molar-refractivity contribution in [1.29, 1.82) is 0 Å². The molecule has 7 heteroatoms. The van der Waals surface area contributed by atoms with Crippen LogP contribution in [0, 0.1) is 0 Å². The Balaban J connectivity index is 1.41. The molecule has 28 heavy (non-hydrogen) atoms. The largest absolute Gasteiger partial charge is 0.350 e. The summed E-state index contributed by atoms with van der Waals surface area (Å²) in [6, 6.07) is 11.3. The molecule has 2 amide bonds. The second kappa shape index (κ2) is 8.39. The van der Waals surface area contributed by atoms with E-state index in [2.05, 4.69) is 16.4 Å². The van der Waals surface area contributed by atoms with Crippen LogP contribution in [0.3, 0.4) is 0 Å². The van der Waals surface area contributed by atoms with Crippen molar-refractivity contribution in [2.24, 2.45) is 0 Å². The number of carbonyl (C=O) groups is 2. The monoisotopic (exact) mass is 394 g/mol. The Morgan fingerprint density at radius 2 is 2.04 bits per heavy atom. The van der Waals surface area contributed by atoms with Crippen LogP contribution in [0.15, 0.2) is 60.5 Å². The average Bonchev–Trinajstić information content (AvgIpc) is 3.49. The Morgan fingerprint density at radius 1 is 1.18 bits per heavy atom. The molecule has 3 aromatic rings. The molecule has 0 bridgehead atoms. The topological polar surface area (TPSA) is 67.2 Å². The molecule has 4 rings (SSSR count). The number of rotatable bonds is 6. The van der Waals surface area contributed by atoms with Crippen molar-refractivity contribution >= 4 is 23.2 Å². The van der Waals surface area contributed by atoms with Crippen molar-refractivity contribution in [3.05, 3.63) is 76.5 Å². The summed E-state index contributed by atoms with van der Waals surface area (Å²) in [5, 5.41) is 4.92. The van der Waals surface area contributed by atoms with Crippen molar-refractivity contribution in [3.63, 3.8) is 0 Å². The molecular formula is C21H22N4O2S. The van der Waals surface area contributed by atoms with Gasteiger partial charge < -0.3 is 14.8 Å². The summed E-state index contributed by atoms with van der Waals surface area (Å²) in [6.45, 7) is 1.78. The van der Waals surface area contributed by atoms with Crippen LogP contribution in [0.4, 0.5) is 0 Å². The molecule has 0 unspecified atom stereocenters. The molecule has 1 saturated heterocycles. The van der Waals surface area contributed by atoms with Crippen LogP contribution in [0.25, 0.3) is 0 Å². The Hall–Kier alpha value is -2.93. The third-order valence-corrected chi connectivity index (χ3v) is 5.89. The minimum absolute atomic E-state index is 0.0480. The minimum Gasteiger partial charge on any atom is -0.350 e. The van der Waals surface area contributed by atoms with Crippen LogP contribution in [0.5, 0.6) is 0 Å². The van der Waals surface area contributed by atoms with Crippen LogP contribution in [-0.4, -0.2) is 38.9 Å². The lowest BCUT2D eigenvalue weighted by Crippen LogP contribution is -2.45. The first-order valence-electron chi connectivity index (χ1n) is 9.37. The van der Waals surface area contributed by atoms with Gasteiger partial charge in [0.2, 0.25) is 5.91 Å². The molecule has 1 fully saturated rings. The van der Waals surface area contributed by atoms with Crippen molar-refractivity contribution in [1.82, 2.24) is 19.8 Å². The van der Waals surface area contributed by atoms with E-state index < -0.39 is 6.04 Å². The Kier molecular flexibility index (Phi) is 5.53. The molecule has 0 spiro atoms. The van der Waals surface area contributed by atoms with Gasteiger partial charge in [-0.25, -0.2) is 4.98 Å². The van der Waals surface area contributed by atoms with E-state index in [0.29, 0.717) is 30.9 Å². The zero-order chi connectivity index (χ0) is 19.3. The number of benzene rings is 1. The van der Waals surface area contributed by atoms with E-state index in [4.69, 9.17) is 0 Å². The second-order valence-electron chi connectivity index (χ2n) is 6.86. The van der Waals surface area contributed by atoms with Gasteiger partial charge in [-0.1, -0.05) is 30.3 Å². The van der Waals surface area contributed by atoms with E-state index in [1.165, 1.54) is 11.3 Å². The number of imidazole rings is 1. The van der Waals surface area contributed by atoms with Gasteiger partial charge in [-0.2, -0.15) is 0 Å². The van der Waals surface area contributed by atoms with Gasteiger partial charge in [-0.05, 0) is 35.4 Å². The molecular weight excluding hydrogens is 372 g/mol. The van der Waals surface area contributed by atoms with Crippen molar-refractivity contribution in [2.45, 2.75) is 32.0 Å². The van der Waals surface area contributed by atoms with Crippen LogP contribution in [-0.2, 0) is 17.9 Å². The minimum atomic E-state index is -0.393. The number of carbonyl (C=O) groups excluding carboxylic acids is 2. The smallest absolute Gasteiger partial charge is 0.264 e. The van der Waals surface area contributed by atoms with Crippen LogP contribution in [0.1, 0.15) is 33.6 Å². The summed E-state index contributed by atoms with van der Waals surface area (Å²) in [4.78, 5) is 32.0. The number of hydrogen-bond donors (Lipinski definition) is 1. The Labute approximate surface area is 167 Å². The third kappa shape index (κ3) is 3.99. The lowest BCUT2D eigenvalue weighted by Gasteiger charge is -2.23. The molecule has 1 aliphatic heterocycles. The molecule has 144 valence electrons. The zero-order valence-electron chi connectivity index (χ0n) is 15.5. The van der Waals surface area contributed by atoms with Crippen molar-refractivity contribution in [2.75, 3.05) is 6.54 Å². The van der Waals surface area contributed by atoms with E-state index >= 15 is 0 Å². The fourth-order valence-corrected chi connectivity index (χ4v) is 4.26. The quantitative estimate of drug-likeness (QED) is 0.699. The van der Waals surface area contributed by atoms with Gasteiger partial charge in [0.1, 0.15) is 6.04 Å². The number of likely N-dealkylation sites (tertiary alicyclic amines) is 1. The highest BCUT2D eigenvalue weighted by molar-refractivity contribution is 7.12. The molecule has 1 aliphatic rings. The number of amides is 2. The van der Waals surface area contributed by atoms with Gasteiger partial charge in [-0.3, -0.25) is 9.59 Å².